The molecule has 3 saturated carbocycles. The molecule has 8 atom stereocenters. The number of halogens is 1. The van der Waals surface area contributed by atoms with Crippen LogP contribution in [0.15, 0.2) is 23.8 Å². The number of carboxylic acids is 1. The van der Waals surface area contributed by atoms with Gasteiger partial charge in [-0.05, 0) is 50.7 Å². The standard InChI is InChI=1S/C23H29FO7/c1-12-9-16-15-6-5-13-10-14(25)7-8-20(13,2)22(15,24)17(26)11-21(16,3)23(12,18(27)28)31-19(29)30-4/h7-8,10,12,15-17,26H,5-6,9,11H2,1-4H3,(H,27,28)/t12-,15-,16-,17-,20-,21-,22-,23-/m0/s1. The molecule has 4 aliphatic carbocycles. The lowest BCUT2D eigenvalue weighted by molar-refractivity contribution is -0.227. The van der Waals surface area contributed by atoms with Gasteiger partial charge in [-0.15, -0.1) is 0 Å². The number of ether oxygens (including phenoxy) is 2. The molecule has 0 saturated heterocycles. The second-order valence-electron chi connectivity index (χ2n) is 10.00. The third kappa shape index (κ3) is 2.45. The molecule has 0 unspecified atom stereocenters. The summed E-state index contributed by atoms with van der Waals surface area (Å²) in [5, 5.41) is 21.5. The molecule has 0 amide bonds. The molecule has 3 fully saturated rings. The summed E-state index contributed by atoms with van der Waals surface area (Å²) in [5.74, 6) is -3.23. The van der Waals surface area contributed by atoms with Crippen molar-refractivity contribution in [1.29, 1.82) is 0 Å². The number of methoxy groups -OCH3 is 1. The van der Waals surface area contributed by atoms with Gasteiger partial charge in [0.05, 0.1) is 13.2 Å². The second kappa shape index (κ2) is 6.64. The Balaban J connectivity index is 1.84. The molecule has 0 bridgehead atoms. The molecular weight excluding hydrogens is 407 g/mol. The van der Waals surface area contributed by atoms with Gasteiger partial charge in [0.25, 0.3) is 0 Å². The third-order valence-corrected chi connectivity index (χ3v) is 8.91. The predicted octanol–water partition coefficient (Wildman–Crippen LogP) is 3.21. The summed E-state index contributed by atoms with van der Waals surface area (Å²) in [6.45, 7) is 5.06. The topological polar surface area (TPSA) is 110 Å². The molecule has 170 valence electrons. The molecule has 0 aromatic rings. The number of carbonyl (C=O) groups excluding carboxylic acids is 2. The first-order chi connectivity index (χ1) is 14.4. The minimum Gasteiger partial charge on any atom is -0.478 e. The average molecular weight is 436 g/mol. The van der Waals surface area contributed by atoms with Crippen LogP contribution in [0.25, 0.3) is 0 Å². The predicted molar refractivity (Wildman–Crippen MR) is 107 cm³/mol. The molecule has 0 heterocycles. The van der Waals surface area contributed by atoms with Crippen LogP contribution >= 0.6 is 0 Å². The van der Waals surface area contributed by atoms with Gasteiger partial charge in [-0.2, -0.15) is 0 Å². The summed E-state index contributed by atoms with van der Waals surface area (Å²) in [6.07, 6.45) is 2.73. The lowest BCUT2D eigenvalue weighted by atomic mass is 9.45. The molecule has 2 N–H and O–H groups in total. The molecule has 0 aliphatic heterocycles. The van der Waals surface area contributed by atoms with Crippen molar-refractivity contribution in [2.24, 2.45) is 28.6 Å². The zero-order chi connectivity index (χ0) is 23.0. The van der Waals surface area contributed by atoms with Crippen LogP contribution in [0, 0.1) is 28.6 Å². The zero-order valence-corrected chi connectivity index (χ0v) is 18.2. The lowest BCUT2D eigenvalue weighted by Crippen LogP contribution is -2.69. The number of aliphatic hydroxyl groups excluding tert-OH is 1. The van der Waals surface area contributed by atoms with Crippen molar-refractivity contribution in [2.45, 2.75) is 63.8 Å². The second-order valence-corrected chi connectivity index (χ2v) is 10.00. The fourth-order valence-corrected chi connectivity index (χ4v) is 7.42. The quantitative estimate of drug-likeness (QED) is 0.640. The number of hydrogen-bond acceptors (Lipinski definition) is 6. The van der Waals surface area contributed by atoms with E-state index in [1.54, 1.807) is 26.8 Å². The van der Waals surface area contributed by atoms with E-state index in [9.17, 15) is 24.6 Å². The van der Waals surface area contributed by atoms with Crippen molar-refractivity contribution < 1.29 is 38.5 Å². The van der Waals surface area contributed by atoms with Gasteiger partial charge >= 0.3 is 12.1 Å². The molecule has 4 aliphatic rings. The Morgan fingerprint density at radius 2 is 1.94 bits per heavy atom. The van der Waals surface area contributed by atoms with Crippen LogP contribution in [0.2, 0.25) is 0 Å². The number of hydrogen-bond donors (Lipinski definition) is 2. The Labute approximate surface area is 180 Å². The minimum absolute atomic E-state index is 0.192. The van der Waals surface area contributed by atoms with E-state index in [2.05, 4.69) is 4.74 Å². The van der Waals surface area contributed by atoms with Crippen LogP contribution in [0.1, 0.15) is 46.5 Å². The van der Waals surface area contributed by atoms with E-state index in [1.165, 1.54) is 12.2 Å². The Hall–Kier alpha value is -2.22. The first kappa shape index (κ1) is 22.0. The fourth-order valence-electron chi connectivity index (χ4n) is 7.42. The molecule has 0 aromatic carbocycles. The number of rotatable bonds is 2. The summed E-state index contributed by atoms with van der Waals surface area (Å²) >= 11 is 0. The van der Waals surface area contributed by atoms with Gasteiger partial charge in [0.2, 0.25) is 5.60 Å². The van der Waals surface area contributed by atoms with E-state index >= 15 is 4.39 Å². The van der Waals surface area contributed by atoms with E-state index in [0.717, 1.165) is 7.11 Å². The van der Waals surface area contributed by atoms with Gasteiger partial charge in [-0.1, -0.05) is 25.5 Å². The van der Waals surface area contributed by atoms with Gasteiger partial charge in [0.1, 0.15) is 0 Å². The van der Waals surface area contributed by atoms with E-state index in [1.807, 2.05) is 0 Å². The molecule has 0 radical (unpaired) electrons. The SMILES string of the molecule is COC(=O)O[C@]1(C(=O)O)[C@@H](C)C[C@H]2[C@@H]3CCC4=CC(=O)C=C[C@]4(C)[C@@]3(F)[C@@H](O)C[C@@]21C. The smallest absolute Gasteiger partial charge is 0.478 e. The normalized spacial score (nSPS) is 48.2. The van der Waals surface area contributed by atoms with Crippen molar-refractivity contribution in [3.8, 4) is 0 Å². The monoisotopic (exact) mass is 436 g/mol. The summed E-state index contributed by atoms with van der Waals surface area (Å²) in [4.78, 5) is 36.5. The van der Waals surface area contributed by atoms with Crippen molar-refractivity contribution >= 4 is 17.9 Å². The fraction of sp³-hybridized carbons (Fsp3) is 0.696. The maximum atomic E-state index is 17.0. The zero-order valence-electron chi connectivity index (χ0n) is 18.2. The van der Waals surface area contributed by atoms with Crippen molar-refractivity contribution in [1.82, 2.24) is 0 Å². The minimum atomic E-state index is -2.07. The third-order valence-electron chi connectivity index (χ3n) is 8.91. The number of allylic oxidation sites excluding steroid dienone is 4. The van der Waals surface area contributed by atoms with Gasteiger partial charge in [0.15, 0.2) is 11.5 Å². The Kier molecular flexibility index (Phi) is 4.71. The van der Waals surface area contributed by atoms with Crippen LogP contribution in [-0.4, -0.2) is 52.6 Å². The number of carboxylic acid groups (broad SMARTS) is 1. The molecule has 8 heteroatoms. The number of fused-ring (bicyclic) bond motifs is 5. The van der Waals surface area contributed by atoms with Crippen molar-refractivity contribution in [2.75, 3.05) is 7.11 Å². The summed E-state index contributed by atoms with van der Waals surface area (Å²) < 4.78 is 27.1. The van der Waals surface area contributed by atoms with Crippen LogP contribution in [-0.2, 0) is 19.1 Å². The number of ketones is 1. The van der Waals surface area contributed by atoms with E-state index in [-0.39, 0.29) is 12.2 Å². The number of carbonyl (C=O) groups is 3. The van der Waals surface area contributed by atoms with E-state index in [4.69, 9.17) is 4.74 Å². The van der Waals surface area contributed by atoms with Gasteiger partial charge in [0, 0.05) is 22.7 Å². The summed E-state index contributed by atoms with van der Waals surface area (Å²) in [7, 11) is 1.10. The molecule has 0 aromatic heterocycles. The number of aliphatic hydroxyl groups is 1. The molecule has 0 spiro atoms. The Morgan fingerprint density at radius 3 is 2.55 bits per heavy atom. The van der Waals surface area contributed by atoms with Crippen LogP contribution < -0.4 is 0 Å². The van der Waals surface area contributed by atoms with Crippen molar-refractivity contribution in [3.63, 3.8) is 0 Å². The highest BCUT2D eigenvalue weighted by Gasteiger charge is 2.77. The highest BCUT2D eigenvalue weighted by molar-refractivity contribution is 6.01. The van der Waals surface area contributed by atoms with Gasteiger partial charge in [-0.25, -0.2) is 14.0 Å². The highest BCUT2D eigenvalue weighted by Crippen LogP contribution is 2.71. The number of aliphatic carboxylic acids is 1. The highest BCUT2D eigenvalue weighted by atomic mass is 19.1. The van der Waals surface area contributed by atoms with Crippen LogP contribution in [0.3, 0.4) is 0 Å². The maximum Gasteiger partial charge on any atom is 0.509 e. The molecule has 7 nitrogen and oxygen atoms in total. The van der Waals surface area contributed by atoms with Crippen molar-refractivity contribution in [3.05, 3.63) is 23.8 Å². The largest absolute Gasteiger partial charge is 0.509 e. The maximum absolute atomic E-state index is 17.0. The average Bonchev–Trinajstić information content (AvgIpc) is 2.91. The number of alkyl halides is 1. The van der Waals surface area contributed by atoms with Gasteiger partial charge in [-0.3, -0.25) is 4.79 Å². The van der Waals surface area contributed by atoms with Crippen LogP contribution in [0.4, 0.5) is 9.18 Å². The first-order valence-corrected chi connectivity index (χ1v) is 10.7. The summed E-state index contributed by atoms with van der Waals surface area (Å²) in [6, 6.07) is 0. The van der Waals surface area contributed by atoms with E-state index in [0.29, 0.717) is 24.8 Å². The molecular formula is C23H29FO7. The Bertz CT molecular complexity index is 912. The van der Waals surface area contributed by atoms with Crippen LogP contribution in [0.5, 0.6) is 0 Å². The lowest BCUT2D eigenvalue weighted by Gasteiger charge is -2.62. The molecule has 31 heavy (non-hydrogen) atoms. The summed E-state index contributed by atoms with van der Waals surface area (Å²) in [5.41, 5.74) is -5.72. The molecule has 4 rings (SSSR count). The van der Waals surface area contributed by atoms with E-state index < -0.39 is 58.1 Å². The van der Waals surface area contributed by atoms with Gasteiger partial charge < -0.3 is 19.7 Å². The Morgan fingerprint density at radius 1 is 1.26 bits per heavy atom. The first-order valence-electron chi connectivity index (χ1n) is 10.7.